The Morgan fingerprint density at radius 1 is 0.460 bits per heavy atom. The summed E-state index contributed by atoms with van der Waals surface area (Å²) in [7, 11) is 0. The maximum Gasteiger partial charge on any atom is 0.254 e. The van der Waals surface area contributed by atoms with Crippen LogP contribution in [0, 0.1) is 52.7 Å². The van der Waals surface area contributed by atoms with Gasteiger partial charge in [0.05, 0.1) is 53.1 Å². The fourth-order valence-electron chi connectivity index (χ4n) is 13.2. The minimum absolute atomic E-state index is 0.0843. The minimum Gasteiger partial charge on any atom is -0.454 e. The first kappa shape index (κ1) is 67.9. The molecule has 3 amide bonds. The first-order valence-electron chi connectivity index (χ1n) is 33.1. The Hall–Kier alpha value is -10.6. The maximum atomic E-state index is 14.1. The number of pyridine rings is 3. The van der Waals surface area contributed by atoms with E-state index >= 15 is 0 Å². The van der Waals surface area contributed by atoms with Crippen LogP contribution in [0.3, 0.4) is 0 Å². The van der Waals surface area contributed by atoms with Gasteiger partial charge in [-0.05, 0) is 208 Å². The lowest BCUT2D eigenvalue weighted by Gasteiger charge is -2.36. The van der Waals surface area contributed by atoms with Crippen molar-refractivity contribution >= 4 is 30.1 Å². The van der Waals surface area contributed by atoms with Gasteiger partial charge in [0.1, 0.15) is 40.4 Å². The molecule has 0 saturated heterocycles. The van der Waals surface area contributed by atoms with Crippen molar-refractivity contribution in [3.8, 4) is 34.5 Å². The molecule has 3 fully saturated rings. The number of ether oxygens (including phenoxy) is 3. The number of hydrogen-bond acceptors (Lipinski definition) is 11. The smallest absolute Gasteiger partial charge is 0.254 e. The lowest BCUT2D eigenvalue weighted by atomic mass is 9.95. The molecular weight excluding hydrogens is 1300 g/mol. The van der Waals surface area contributed by atoms with Gasteiger partial charge in [0.25, 0.3) is 24.1 Å². The minimum atomic E-state index is -2.44. The molecule has 22 heteroatoms. The summed E-state index contributed by atoms with van der Waals surface area (Å²) in [4.78, 5) is 71.2. The Morgan fingerprint density at radius 3 is 1.17 bits per heavy atom. The molecule has 3 aromatic heterocycles. The zero-order valence-corrected chi connectivity index (χ0v) is 54.0. The highest BCUT2D eigenvalue weighted by atomic mass is 19.3. The molecule has 1 N–H and O–H groups in total. The molecule has 6 aromatic carbocycles. The monoisotopic (exact) mass is 1370 g/mol. The number of nitrogens with zero attached hydrogens (tertiary/aromatic N) is 6. The van der Waals surface area contributed by atoms with Crippen LogP contribution in [0.25, 0.3) is 6.08 Å². The largest absolute Gasteiger partial charge is 0.454 e. The van der Waals surface area contributed by atoms with Crippen molar-refractivity contribution in [2.45, 2.75) is 88.9 Å². The van der Waals surface area contributed by atoms with Crippen molar-refractivity contribution in [2.24, 2.45) is 17.8 Å². The Balaban J connectivity index is 0.000000135. The summed E-state index contributed by atoms with van der Waals surface area (Å²) in [5.74, 6) is -3.35. The number of hydrogen-bond donors (Lipinski definition) is 1. The number of aldehydes is 1. The molecule has 14 nitrogen and oxygen atoms in total. The van der Waals surface area contributed by atoms with Crippen LogP contribution < -0.4 is 19.5 Å². The second kappa shape index (κ2) is 29.8. The number of fused-ring (bicyclic) bond motifs is 3. The van der Waals surface area contributed by atoms with E-state index < -0.39 is 47.9 Å². The second-order valence-corrected chi connectivity index (χ2v) is 25.5. The molecule has 100 heavy (non-hydrogen) atoms. The summed E-state index contributed by atoms with van der Waals surface area (Å²) in [6.45, 7) is 5.29. The van der Waals surface area contributed by atoms with E-state index in [1.165, 1.54) is 18.2 Å². The molecule has 6 heterocycles. The molecule has 3 aliphatic carbocycles. The third-order valence-electron chi connectivity index (χ3n) is 18.4. The van der Waals surface area contributed by atoms with Crippen LogP contribution in [-0.2, 0) is 25.8 Å². The van der Waals surface area contributed by atoms with Crippen molar-refractivity contribution in [3.05, 3.63) is 273 Å². The van der Waals surface area contributed by atoms with Crippen LogP contribution in [-0.4, -0.2) is 86.3 Å². The fourth-order valence-corrected chi connectivity index (χ4v) is 13.2. The number of carbonyl (C=O) groups is 4. The van der Waals surface area contributed by atoms with Gasteiger partial charge in [-0.1, -0.05) is 43.0 Å². The number of amides is 3. The van der Waals surface area contributed by atoms with Gasteiger partial charge < -0.3 is 34.2 Å². The highest BCUT2D eigenvalue weighted by Gasteiger charge is 2.44. The van der Waals surface area contributed by atoms with E-state index in [2.05, 4.69) is 21.9 Å². The molecule has 0 spiro atoms. The highest BCUT2D eigenvalue weighted by molar-refractivity contribution is 5.99. The lowest BCUT2D eigenvalue weighted by Crippen LogP contribution is -2.41. The number of carbonyl (C=O) groups excluding carboxylic acids is 4. The van der Waals surface area contributed by atoms with Gasteiger partial charge in [0, 0.05) is 61.1 Å². The van der Waals surface area contributed by atoms with Gasteiger partial charge >= 0.3 is 0 Å². The third-order valence-corrected chi connectivity index (χ3v) is 18.4. The van der Waals surface area contributed by atoms with Gasteiger partial charge in [0.15, 0.2) is 41.0 Å². The highest BCUT2D eigenvalue weighted by Crippen LogP contribution is 2.49. The number of halogens is 8. The van der Waals surface area contributed by atoms with Crippen LogP contribution >= 0.6 is 0 Å². The molecule has 3 aliphatic heterocycles. The SMILES string of the molecule is C=Cc1cccc([C@@H](C2CC2)N2CCc3ccc(Oc4ccc(F)cc4F)cc3C2=O)n1.O=C1c2cc(Oc3ccc(F)cc3F)ccc2CCN1[C@@H](c1cccc(CNCC(F)F)n1)C1CC1.O=Cc1cccc([C@@H](C2CC2)N2CCc3ccc(Oc4ccc(F)cc4F)cc3C2=O)n1. The van der Waals surface area contributed by atoms with E-state index in [0.717, 1.165) is 121 Å². The van der Waals surface area contributed by atoms with Crippen LogP contribution in [0.4, 0.5) is 35.1 Å². The van der Waals surface area contributed by atoms with Crippen LogP contribution in [0.15, 0.2) is 170 Å². The first-order valence-corrected chi connectivity index (χ1v) is 33.1. The standard InChI is InChI=1S/C27H25F4N3O2.C26H22F2N2O2.C25H20F2N2O3/c28-18-7-9-24(22(29)12-18)36-20-8-6-16-10-11-34(27(35)21(16)13-20)26(17-4-5-17)23-3-1-2-19(33-23)14-32-15-25(30)31;1-2-19-4-3-5-23(29-19)25(17-6-7-17)30-13-12-16-8-10-20(15-21(16)26(30)31)32-24-11-9-18(27)14-22(24)28;26-17-7-9-23(21(27)12-17)32-19-8-6-15-10-11-29(25(31)20(15)13-19)24(16-4-5-16)22-3-1-2-18(14-30)28-22/h1-3,6-9,12-13,17,25-26,32H,4-5,10-11,14-15H2;2-5,8-11,14-15,17,25H,1,6-7,12-13H2;1-3,6-9,12-14,16,24H,4-5,10-11H2/t26-;25-;24-/m111/s1. The van der Waals surface area contributed by atoms with Gasteiger partial charge in [-0.2, -0.15) is 0 Å². The second-order valence-electron chi connectivity index (χ2n) is 25.5. The summed E-state index contributed by atoms with van der Waals surface area (Å²) in [5, 5.41) is 2.69. The van der Waals surface area contributed by atoms with E-state index in [4.69, 9.17) is 19.2 Å². The molecule has 3 atom stereocenters. The van der Waals surface area contributed by atoms with Gasteiger partial charge in [-0.15, -0.1) is 0 Å². The van der Waals surface area contributed by atoms with E-state index in [-0.39, 0.29) is 71.3 Å². The molecule has 9 aromatic rings. The molecule has 6 aliphatic rings. The summed E-state index contributed by atoms with van der Waals surface area (Å²) < 4.78 is 123. The quantitative estimate of drug-likeness (QED) is 0.0539. The number of aromatic nitrogens is 3. The summed E-state index contributed by atoms with van der Waals surface area (Å²) >= 11 is 0. The first-order chi connectivity index (χ1) is 48.4. The zero-order chi connectivity index (χ0) is 69.7. The summed E-state index contributed by atoms with van der Waals surface area (Å²) in [6, 6.07) is 40.7. The number of alkyl halides is 2. The molecule has 15 rings (SSSR count). The topological polar surface area (TPSA) is 156 Å². The van der Waals surface area contributed by atoms with Crippen LogP contribution in [0.2, 0.25) is 0 Å². The number of benzene rings is 6. The van der Waals surface area contributed by atoms with E-state index in [9.17, 15) is 54.3 Å². The van der Waals surface area contributed by atoms with Gasteiger partial charge in [-0.25, -0.2) is 40.1 Å². The van der Waals surface area contributed by atoms with Gasteiger partial charge in [0.2, 0.25) is 0 Å². The molecule has 512 valence electrons. The van der Waals surface area contributed by atoms with Gasteiger partial charge in [-0.3, -0.25) is 29.1 Å². The van der Waals surface area contributed by atoms with Crippen molar-refractivity contribution in [1.82, 2.24) is 35.0 Å². The number of rotatable bonds is 21. The van der Waals surface area contributed by atoms with Crippen molar-refractivity contribution < 1.29 is 68.5 Å². The Bertz CT molecular complexity index is 4400. The average molecular weight is 1370 g/mol. The van der Waals surface area contributed by atoms with E-state index in [1.54, 1.807) is 72.8 Å². The Labute approximate surface area is 571 Å². The normalized spacial score (nSPS) is 16.4. The average Bonchev–Trinajstić information content (AvgIpc) is 1.71. The van der Waals surface area contributed by atoms with E-state index in [0.29, 0.717) is 90.2 Å². The molecule has 3 saturated carbocycles. The fraction of sp³-hybridized carbons (Fsp3) is 0.269. The lowest BCUT2D eigenvalue weighted by molar-refractivity contribution is 0.0620. The molecule has 0 radical (unpaired) electrons. The summed E-state index contributed by atoms with van der Waals surface area (Å²) in [6.07, 6.45) is 8.09. The van der Waals surface area contributed by atoms with Crippen molar-refractivity contribution in [1.29, 1.82) is 0 Å². The summed E-state index contributed by atoms with van der Waals surface area (Å²) in [5.41, 5.74) is 8.31. The predicted octanol–water partition coefficient (Wildman–Crippen LogP) is 16.7. The molecule has 0 unspecified atom stereocenters. The van der Waals surface area contributed by atoms with E-state index in [1.807, 2.05) is 57.2 Å². The molecule has 0 bridgehead atoms. The predicted molar refractivity (Wildman–Crippen MR) is 355 cm³/mol. The molecular formula is C78H67F8N7O7. The van der Waals surface area contributed by atoms with Crippen LogP contribution in [0.1, 0.15) is 143 Å². The van der Waals surface area contributed by atoms with Crippen molar-refractivity contribution in [2.75, 3.05) is 26.2 Å². The Morgan fingerprint density at radius 2 is 0.820 bits per heavy atom. The zero-order valence-electron chi connectivity index (χ0n) is 54.0. The Kier molecular flexibility index (Phi) is 20.3. The van der Waals surface area contributed by atoms with Crippen molar-refractivity contribution in [3.63, 3.8) is 0 Å². The maximum absolute atomic E-state index is 14.1. The number of nitrogens with one attached hydrogen (secondary N) is 1. The third kappa shape index (κ3) is 15.8. The van der Waals surface area contributed by atoms with Crippen LogP contribution in [0.5, 0.6) is 34.5 Å².